The Morgan fingerprint density at radius 1 is 1.03 bits per heavy atom. The molecule has 0 radical (unpaired) electrons. The minimum absolute atomic E-state index is 0.00331. The summed E-state index contributed by atoms with van der Waals surface area (Å²) in [6, 6.07) is 8.87. The predicted molar refractivity (Wildman–Crippen MR) is 108 cm³/mol. The number of hydrogen-bond acceptors (Lipinski definition) is 3. The number of halogens is 6. The summed E-state index contributed by atoms with van der Waals surface area (Å²) >= 11 is 0. The van der Waals surface area contributed by atoms with E-state index in [2.05, 4.69) is 16.7 Å². The summed E-state index contributed by atoms with van der Waals surface area (Å²) in [6.07, 6.45) is -3.20. The van der Waals surface area contributed by atoms with Crippen LogP contribution in [0.5, 0.6) is 0 Å². The first kappa shape index (κ1) is 22.1. The minimum Gasteiger partial charge on any atom is -0.317 e. The topological polar surface area (TPSA) is 59.8 Å². The van der Waals surface area contributed by atoms with Gasteiger partial charge in [-0.15, -0.1) is 0 Å². The van der Waals surface area contributed by atoms with Gasteiger partial charge in [-0.1, -0.05) is 18.7 Å². The Bertz CT molecular complexity index is 1390. The number of amides is 1. The van der Waals surface area contributed by atoms with Gasteiger partial charge in [0.15, 0.2) is 23.1 Å². The maximum atomic E-state index is 15.1. The second-order valence-corrected chi connectivity index (χ2v) is 6.83. The largest absolute Gasteiger partial charge is 0.416 e. The lowest BCUT2D eigenvalue weighted by Crippen LogP contribution is -2.14. The van der Waals surface area contributed by atoms with E-state index in [1.165, 1.54) is 30.5 Å². The van der Waals surface area contributed by atoms with Crippen molar-refractivity contribution in [2.24, 2.45) is 0 Å². The van der Waals surface area contributed by atoms with Crippen LogP contribution in [0.1, 0.15) is 5.56 Å². The van der Waals surface area contributed by atoms with Crippen molar-refractivity contribution in [3.63, 3.8) is 0 Å². The summed E-state index contributed by atoms with van der Waals surface area (Å²) in [5, 5.41) is 6.43. The zero-order valence-corrected chi connectivity index (χ0v) is 16.4. The SMILES string of the molecule is C=C(F)C(=O)Nc1ccc(F)c(-n2nc(-c3ccc(C(F)(F)F)cc3)c3cccnc32)c1F. The van der Waals surface area contributed by atoms with Crippen LogP contribution in [0.3, 0.4) is 0 Å². The first-order chi connectivity index (χ1) is 15.6. The molecule has 168 valence electrons. The van der Waals surface area contributed by atoms with Crippen molar-refractivity contribution in [2.45, 2.75) is 6.18 Å². The van der Waals surface area contributed by atoms with Gasteiger partial charge in [-0.05, 0) is 36.4 Å². The van der Waals surface area contributed by atoms with E-state index in [9.17, 15) is 26.7 Å². The maximum absolute atomic E-state index is 15.1. The number of rotatable bonds is 4. The van der Waals surface area contributed by atoms with Crippen molar-refractivity contribution in [3.8, 4) is 16.9 Å². The van der Waals surface area contributed by atoms with E-state index in [4.69, 9.17) is 0 Å². The maximum Gasteiger partial charge on any atom is 0.416 e. The van der Waals surface area contributed by atoms with Gasteiger partial charge < -0.3 is 5.32 Å². The lowest BCUT2D eigenvalue weighted by molar-refractivity contribution is -0.137. The molecule has 1 amide bonds. The average Bonchev–Trinajstić information content (AvgIpc) is 3.14. The molecule has 4 aromatic rings. The highest BCUT2D eigenvalue weighted by Crippen LogP contribution is 2.34. The van der Waals surface area contributed by atoms with Gasteiger partial charge >= 0.3 is 6.18 Å². The van der Waals surface area contributed by atoms with Crippen molar-refractivity contribution in [1.82, 2.24) is 14.8 Å². The highest BCUT2D eigenvalue weighted by Gasteiger charge is 2.30. The van der Waals surface area contributed by atoms with Crippen LogP contribution in [0.25, 0.3) is 28.0 Å². The van der Waals surface area contributed by atoms with Crippen LogP contribution in [0.2, 0.25) is 0 Å². The molecule has 0 saturated heterocycles. The van der Waals surface area contributed by atoms with E-state index in [-0.39, 0.29) is 16.9 Å². The number of benzene rings is 2. The van der Waals surface area contributed by atoms with Crippen LogP contribution in [-0.4, -0.2) is 20.7 Å². The Kier molecular flexibility index (Phi) is 5.40. The first-order valence-electron chi connectivity index (χ1n) is 9.23. The molecule has 2 heterocycles. The van der Waals surface area contributed by atoms with E-state index in [1.54, 1.807) is 0 Å². The normalized spacial score (nSPS) is 11.6. The summed E-state index contributed by atoms with van der Waals surface area (Å²) < 4.78 is 82.4. The van der Waals surface area contributed by atoms with Gasteiger partial charge in [0.1, 0.15) is 11.4 Å². The Morgan fingerprint density at radius 3 is 2.36 bits per heavy atom. The second-order valence-electron chi connectivity index (χ2n) is 6.83. The van der Waals surface area contributed by atoms with Crippen molar-refractivity contribution in [3.05, 3.63) is 84.3 Å². The Labute approximate surface area is 182 Å². The number of pyridine rings is 1. The molecule has 2 aromatic carbocycles. The van der Waals surface area contributed by atoms with Crippen molar-refractivity contribution >= 4 is 22.6 Å². The lowest BCUT2D eigenvalue weighted by Gasteiger charge is -2.11. The second kappa shape index (κ2) is 8.08. The number of fused-ring (bicyclic) bond motifs is 1. The van der Waals surface area contributed by atoms with Crippen molar-refractivity contribution in [1.29, 1.82) is 0 Å². The Hall–Kier alpha value is -4.15. The number of nitrogens with zero attached hydrogens (tertiary/aromatic N) is 3. The molecule has 0 bridgehead atoms. The highest BCUT2D eigenvalue weighted by molar-refractivity contribution is 6.02. The lowest BCUT2D eigenvalue weighted by atomic mass is 10.1. The van der Waals surface area contributed by atoms with Crippen LogP contribution in [0.15, 0.2) is 67.1 Å². The van der Waals surface area contributed by atoms with E-state index >= 15 is 4.39 Å². The predicted octanol–water partition coefficient (Wildman–Crippen LogP) is 5.81. The molecule has 1 N–H and O–H groups in total. The van der Waals surface area contributed by atoms with Gasteiger partial charge in [0.05, 0.1) is 11.3 Å². The molecule has 0 unspecified atom stereocenters. The molecule has 0 aliphatic rings. The third-order valence-electron chi connectivity index (χ3n) is 4.70. The fraction of sp³-hybridized carbons (Fsp3) is 0.0455. The molecule has 0 atom stereocenters. The number of hydrogen-bond donors (Lipinski definition) is 1. The summed E-state index contributed by atoms with van der Waals surface area (Å²) in [7, 11) is 0. The Morgan fingerprint density at radius 2 is 1.73 bits per heavy atom. The summed E-state index contributed by atoms with van der Waals surface area (Å²) in [5.74, 6) is -5.03. The molecule has 0 saturated carbocycles. The van der Waals surface area contributed by atoms with Gasteiger partial charge in [-0.3, -0.25) is 4.79 Å². The number of carbonyl (C=O) groups is 1. The first-order valence-corrected chi connectivity index (χ1v) is 9.23. The molecule has 33 heavy (non-hydrogen) atoms. The van der Waals surface area contributed by atoms with Crippen molar-refractivity contribution in [2.75, 3.05) is 5.32 Å². The van der Waals surface area contributed by atoms with Crippen LogP contribution in [0.4, 0.5) is 32.0 Å². The standard InChI is InChI=1S/C22H12F6N4O/c1-11(23)21(33)30-16-9-8-15(24)19(17(16)25)32-20-14(3-2-10-29-20)18(31-32)12-4-6-13(7-5-12)22(26,27)28/h2-10H,1H2,(H,30,33). The Balaban J connectivity index is 1.89. The number of nitrogens with one attached hydrogen (secondary N) is 1. The molecule has 0 fully saturated rings. The number of carbonyl (C=O) groups excluding carboxylic acids is 1. The van der Waals surface area contributed by atoms with Gasteiger partial charge in [-0.2, -0.15) is 18.3 Å². The zero-order chi connectivity index (χ0) is 23.9. The van der Waals surface area contributed by atoms with Crippen LogP contribution in [-0.2, 0) is 11.0 Å². The summed E-state index contributed by atoms with van der Waals surface area (Å²) in [6.45, 7) is 2.80. The molecule has 0 spiro atoms. The average molecular weight is 462 g/mol. The van der Waals surface area contributed by atoms with Crippen LogP contribution in [0, 0.1) is 11.6 Å². The van der Waals surface area contributed by atoms with Crippen molar-refractivity contribution < 1.29 is 31.1 Å². The van der Waals surface area contributed by atoms with Crippen LogP contribution >= 0.6 is 0 Å². The number of aromatic nitrogens is 3. The summed E-state index contributed by atoms with van der Waals surface area (Å²) in [5.41, 5.74) is -1.76. The molecular formula is C22H12F6N4O. The molecule has 4 rings (SSSR count). The third kappa shape index (κ3) is 4.04. The molecule has 5 nitrogen and oxygen atoms in total. The molecule has 0 aliphatic heterocycles. The van der Waals surface area contributed by atoms with Crippen LogP contribution < -0.4 is 5.32 Å². The smallest absolute Gasteiger partial charge is 0.317 e. The molecular weight excluding hydrogens is 450 g/mol. The van der Waals surface area contributed by atoms with E-state index < -0.39 is 46.5 Å². The zero-order valence-electron chi connectivity index (χ0n) is 16.4. The quantitative estimate of drug-likeness (QED) is 0.308. The van der Waals surface area contributed by atoms with Gasteiger partial charge in [0.2, 0.25) is 0 Å². The molecule has 0 aliphatic carbocycles. The fourth-order valence-electron chi connectivity index (χ4n) is 3.16. The number of anilines is 1. The minimum atomic E-state index is -4.54. The van der Waals surface area contributed by atoms with E-state index in [0.29, 0.717) is 5.39 Å². The molecule has 11 heteroatoms. The molecule has 2 aromatic heterocycles. The number of alkyl halides is 3. The highest BCUT2D eigenvalue weighted by atomic mass is 19.4. The van der Waals surface area contributed by atoms with E-state index in [1.807, 2.05) is 5.32 Å². The fourth-order valence-corrected chi connectivity index (χ4v) is 3.16. The third-order valence-corrected chi connectivity index (χ3v) is 4.70. The van der Waals surface area contributed by atoms with Gasteiger partial charge in [0.25, 0.3) is 5.91 Å². The monoisotopic (exact) mass is 462 g/mol. The summed E-state index contributed by atoms with van der Waals surface area (Å²) in [4.78, 5) is 15.6. The van der Waals surface area contributed by atoms with Gasteiger partial charge in [0, 0.05) is 17.1 Å². The van der Waals surface area contributed by atoms with E-state index in [0.717, 1.165) is 28.9 Å². The van der Waals surface area contributed by atoms with Gasteiger partial charge in [-0.25, -0.2) is 22.8 Å².